The Bertz CT molecular complexity index is 744. The fourth-order valence-electron chi connectivity index (χ4n) is 4.15. The first-order valence-corrected chi connectivity index (χ1v) is 11.1. The van der Waals surface area contributed by atoms with Crippen LogP contribution in [0.25, 0.3) is 12.2 Å². The number of halogens is 2. The Morgan fingerprint density at radius 3 is 1.48 bits per heavy atom. The summed E-state index contributed by atoms with van der Waals surface area (Å²) in [6.07, 6.45) is 12.3. The van der Waals surface area contributed by atoms with Crippen molar-refractivity contribution in [3.8, 4) is 0 Å². The van der Waals surface area contributed by atoms with E-state index < -0.39 is 23.2 Å². The minimum absolute atomic E-state index is 0. The van der Waals surface area contributed by atoms with Crippen LogP contribution in [0.15, 0.2) is 60.7 Å². The van der Waals surface area contributed by atoms with Gasteiger partial charge < -0.3 is 0 Å². The number of rotatable bonds is 4. The van der Waals surface area contributed by atoms with Crippen LogP contribution >= 0.6 is 24.8 Å². The van der Waals surface area contributed by atoms with Crippen LogP contribution < -0.4 is 0 Å². The van der Waals surface area contributed by atoms with Gasteiger partial charge in [0.05, 0.1) is 0 Å². The summed E-state index contributed by atoms with van der Waals surface area (Å²) >= 11 is -0.799. The SMILES string of the molecule is CC[C]1([Zr][C]2(CC)C=Cc3ccccc32)C=Cc2ccccc21.Cl.Cl. The van der Waals surface area contributed by atoms with Crippen LogP contribution in [0.1, 0.15) is 48.9 Å². The zero-order valence-corrected chi connectivity index (χ0v) is 18.7. The second-order valence-electron chi connectivity index (χ2n) is 6.62. The largest absolute Gasteiger partial charge is 0.147 e. The van der Waals surface area contributed by atoms with Gasteiger partial charge in [0.25, 0.3) is 0 Å². The van der Waals surface area contributed by atoms with Crippen molar-refractivity contribution >= 4 is 37.0 Å². The van der Waals surface area contributed by atoms with Gasteiger partial charge in [-0.15, -0.1) is 24.8 Å². The van der Waals surface area contributed by atoms with Gasteiger partial charge in [0.15, 0.2) is 0 Å². The van der Waals surface area contributed by atoms with Crippen molar-refractivity contribution in [1.82, 2.24) is 0 Å². The predicted molar refractivity (Wildman–Crippen MR) is 109 cm³/mol. The van der Waals surface area contributed by atoms with Crippen LogP contribution in [-0.2, 0) is 29.5 Å². The van der Waals surface area contributed by atoms with Gasteiger partial charge >= 0.3 is 151 Å². The molecule has 0 aromatic heterocycles. The smallest absolute Gasteiger partial charge is 0.147 e. The molecule has 130 valence electrons. The van der Waals surface area contributed by atoms with Crippen molar-refractivity contribution in [3.05, 3.63) is 82.9 Å². The van der Waals surface area contributed by atoms with Gasteiger partial charge in [0.2, 0.25) is 0 Å². The zero-order chi connectivity index (χ0) is 15.9. The predicted octanol–water partition coefficient (Wildman–Crippen LogP) is 6.58. The molecule has 0 radical (unpaired) electrons. The van der Waals surface area contributed by atoms with Crippen LogP contribution in [0.2, 0.25) is 0 Å². The van der Waals surface area contributed by atoms with E-state index in [1.54, 1.807) is 11.1 Å². The summed E-state index contributed by atoms with van der Waals surface area (Å²) in [6.45, 7) is 4.75. The van der Waals surface area contributed by atoms with Crippen LogP contribution in [-0.4, -0.2) is 0 Å². The third kappa shape index (κ3) is 3.25. The first-order chi connectivity index (χ1) is 11.2. The second kappa shape index (κ2) is 7.95. The van der Waals surface area contributed by atoms with E-state index >= 15 is 0 Å². The fourth-order valence-corrected chi connectivity index (χ4v) is 9.58. The van der Waals surface area contributed by atoms with Gasteiger partial charge in [-0.05, 0) is 0 Å². The molecule has 2 aliphatic rings. The number of allylic oxidation sites excluding steroid dienone is 2. The molecule has 0 fully saturated rings. The Kier molecular flexibility index (Phi) is 6.58. The van der Waals surface area contributed by atoms with Crippen molar-refractivity contribution in [1.29, 1.82) is 0 Å². The molecule has 2 atom stereocenters. The second-order valence-corrected chi connectivity index (χ2v) is 11.6. The first kappa shape index (κ1) is 20.7. The Balaban J connectivity index is 0.00000113. The van der Waals surface area contributed by atoms with Gasteiger partial charge in [0.1, 0.15) is 0 Å². The number of fused-ring (bicyclic) bond motifs is 2. The third-order valence-electron chi connectivity index (χ3n) is 5.54. The first-order valence-electron chi connectivity index (χ1n) is 8.60. The molecule has 0 nitrogen and oxygen atoms in total. The maximum atomic E-state index is 2.54. The molecule has 0 amide bonds. The van der Waals surface area contributed by atoms with E-state index in [-0.39, 0.29) is 24.8 Å². The Hall–Kier alpha value is -0.617. The van der Waals surface area contributed by atoms with Gasteiger partial charge in [0, 0.05) is 0 Å². The normalized spacial score (nSPS) is 24.9. The monoisotopic (exact) mass is 448 g/mol. The molecule has 0 saturated carbocycles. The molecular formula is C22H24Cl2Zr. The molecule has 0 aliphatic heterocycles. The van der Waals surface area contributed by atoms with Crippen molar-refractivity contribution in [3.63, 3.8) is 0 Å². The molecule has 0 spiro atoms. The minimum atomic E-state index is -0.799. The van der Waals surface area contributed by atoms with Crippen LogP contribution in [0.3, 0.4) is 0 Å². The number of hydrogen-bond acceptors (Lipinski definition) is 0. The summed E-state index contributed by atoms with van der Waals surface area (Å²) in [4.78, 5) is 0. The number of hydrogen-bond donors (Lipinski definition) is 0. The van der Waals surface area contributed by atoms with Crippen LogP contribution in [0.4, 0.5) is 0 Å². The summed E-state index contributed by atoms with van der Waals surface area (Å²) in [6, 6.07) is 18.1. The molecule has 2 unspecified atom stereocenters. The van der Waals surface area contributed by atoms with E-state index in [0.717, 1.165) is 0 Å². The summed E-state index contributed by atoms with van der Waals surface area (Å²) in [5.41, 5.74) is 6.05. The quantitative estimate of drug-likeness (QED) is 0.494. The maximum absolute atomic E-state index is 2.54. The van der Waals surface area contributed by atoms with E-state index in [9.17, 15) is 0 Å². The molecule has 25 heavy (non-hydrogen) atoms. The molecule has 0 saturated heterocycles. The zero-order valence-electron chi connectivity index (χ0n) is 14.7. The number of benzene rings is 2. The average Bonchev–Trinajstić information content (AvgIpc) is 3.16. The molecule has 0 N–H and O–H groups in total. The summed E-state index contributed by atoms with van der Waals surface area (Å²) < 4.78 is 0.662. The molecule has 2 aliphatic carbocycles. The van der Waals surface area contributed by atoms with Gasteiger partial charge in [-0.2, -0.15) is 0 Å². The molecule has 2 aromatic carbocycles. The Morgan fingerprint density at radius 1 is 0.680 bits per heavy atom. The van der Waals surface area contributed by atoms with Gasteiger partial charge in [-0.25, -0.2) is 0 Å². The van der Waals surface area contributed by atoms with Crippen molar-refractivity contribution in [2.45, 2.75) is 32.9 Å². The summed E-state index contributed by atoms with van der Waals surface area (Å²) in [7, 11) is 0. The average molecular weight is 451 g/mol. The van der Waals surface area contributed by atoms with E-state index in [4.69, 9.17) is 0 Å². The third-order valence-corrected chi connectivity index (χ3v) is 11.6. The fraction of sp³-hybridized carbons (Fsp3) is 0.273. The van der Waals surface area contributed by atoms with E-state index in [1.165, 1.54) is 24.0 Å². The Morgan fingerprint density at radius 2 is 1.08 bits per heavy atom. The minimum Gasteiger partial charge on any atom is -0.147 e. The topological polar surface area (TPSA) is 0 Å². The van der Waals surface area contributed by atoms with Crippen molar-refractivity contribution < 1.29 is 23.2 Å². The molecule has 0 bridgehead atoms. The molecule has 3 heteroatoms. The standard InChI is InChI=1S/2C11H11.2ClH.Zr/c2*1-2-9-7-8-10-5-3-4-6-11(9)10;;;/h2*3-8H,2H2,1H3;2*1H;. The van der Waals surface area contributed by atoms with Gasteiger partial charge in [-0.3, -0.25) is 0 Å². The van der Waals surface area contributed by atoms with E-state index in [2.05, 4.69) is 86.7 Å². The van der Waals surface area contributed by atoms with Crippen molar-refractivity contribution in [2.75, 3.05) is 0 Å². The molecule has 4 rings (SSSR count). The van der Waals surface area contributed by atoms with Crippen molar-refractivity contribution in [2.24, 2.45) is 0 Å². The summed E-state index contributed by atoms with van der Waals surface area (Å²) in [5, 5.41) is 0. The van der Waals surface area contributed by atoms with E-state index in [1.807, 2.05) is 0 Å². The van der Waals surface area contributed by atoms with Gasteiger partial charge in [-0.1, -0.05) is 0 Å². The summed E-state index contributed by atoms with van der Waals surface area (Å²) in [5.74, 6) is 0. The van der Waals surface area contributed by atoms with Crippen LogP contribution in [0, 0.1) is 0 Å². The van der Waals surface area contributed by atoms with Crippen LogP contribution in [0.5, 0.6) is 0 Å². The maximum Gasteiger partial charge on any atom is -0.147 e. The Labute approximate surface area is 175 Å². The van der Waals surface area contributed by atoms with E-state index in [0.29, 0.717) is 6.25 Å². The molecular weight excluding hydrogens is 426 g/mol. The molecule has 0 heterocycles. The molecule has 2 aromatic rings.